The summed E-state index contributed by atoms with van der Waals surface area (Å²) in [7, 11) is 1.38. The van der Waals surface area contributed by atoms with Gasteiger partial charge in [-0.2, -0.15) is 17.7 Å². The van der Waals surface area contributed by atoms with Crippen molar-refractivity contribution >= 4 is 41.5 Å². The molecule has 0 spiro atoms. The molecule has 2 aromatic heterocycles. The molecular formula is C14H16ClN5O2S. The fourth-order valence-corrected chi connectivity index (χ4v) is 2.40. The largest absolute Gasteiger partial charge is 0.399 e. The van der Waals surface area contributed by atoms with E-state index in [1.165, 1.54) is 12.0 Å². The Morgan fingerprint density at radius 2 is 2.35 bits per heavy atom. The standard InChI is InChI=1S/C14H16ClN5O2S/c1-3-19(14(21)11(9-23)18-22-2)12-8-20(17-13(12)15)10-5-4-6-16-7-10/h4-8,23H,3,9H2,1-2H3. The average molecular weight is 354 g/mol. The van der Waals surface area contributed by atoms with Crippen molar-refractivity contribution in [2.75, 3.05) is 24.3 Å². The van der Waals surface area contributed by atoms with E-state index in [1.54, 1.807) is 29.3 Å². The van der Waals surface area contributed by atoms with E-state index in [2.05, 4.69) is 32.7 Å². The summed E-state index contributed by atoms with van der Waals surface area (Å²) in [6, 6.07) is 3.63. The minimum Gasteiger partial charge on any atom is -0.399 e. The first-order valence-electron chi connectivity index (χ1n) is 6.80. The van der Waals surface area contributed by atoms with Crippen molar-refractivity contribution in [2.24, 2.45) is 5.16 Å². The van der Waals surface area contributed by atoms with Gasteiger partial charge < -0.3 is 9.74 Å². The molecule has 0 aliphatic heterocycles. The molecule has 0 aromatic carbocycles. The maximum Gasteiger partial charge on any atom is 0.277 e. The quantitative estimate of drug-likeness (QED) is 0.491. The van der Waals surface area contributed by atoms with Gasteiger partial charge in [0.05, 0.1) is 18.1 Å². The molecule has 122 valence electrons. The van der Waals surface area contributed by atoms with Gasteiger partial charge in [0.1, 0.15) is 12.8 Å². The summed E-state index contributed by atoms with van der Waals surface area (Å²) in [6.07, 6.45) is 4.98. The zero-order valence-electron chi connectivity index (χ0n) is 12.7. The lowest BCUT2D eigenvalue weighted by Gasteiger charge is -2.19. The number of hydrogen-bond donors (Lipinski definition) is 1. The third kappa shape index (κ3) is 3.83. The Morgan fingerprint density at radius 1 is 1.57 bits per heavy atom. The lowest BCUT2D eigenvalue weighted by molar-refractivity contribution is -0.112. The third-order valence-corrected chi connectivity index (χ3v) is 3.58. The number of thiol groups is 1. The molecule has 0 atom stereocenters. The first-order valence-corrected chi connectivity index (χ1v) is 7.81. The maximum atomic E-state index is 12.6. The minimum atomic E-state index is -0.336. The smallest absolute Gasteiger partial charge is 0.277 e. The van der Waals surface area contributed by atoms with Crippen LogP contribution in [0.4, 0.5) is 5.69 Å². The van der Waals surface area contributed by atoms with Crippen LogP contribution in [0.3, 0.4) is 0 Å². The predicted molar refractivity (Wildman–Crippen MR) is 92.7 cm³/mol. The number of hydrogen-bond acceptors (Lipinski definition) is 6. The Bertz CT molecular complexity index is 704. The normalized spacial score (nSPS) is 11.4. The van der Waals surface area contributed by atoms with E-state index >= 15 is 0 Å². The number of carbonyl (C=O) groups is 1. The molecule has 1 amide bonds. The van der Waals surface area contributed by atoms with E-state index < -0.39 is 0 Å². The third-order valence-electron chi connectivity index (χ3n) is 3.01. The zero-order valence-corrected chi connectivity index (χ0v) is 14.3. The van der Waals surface area contributed by atoms with Crippen LogP contribution in [0.2, 0.25) is 5.15 Å². The lowest BCUT2D eigenvalue weighted by Crippen LogP contribution is -2.37. The van der Waals surface area contributed by atoms with Crippen LogP contribution in [0.5, 0.6) is 0 Å². The molecule has 23 heavy (non-hydrogen) atoms. The second-order valence-corrected chi connectivity index (χ2v) is 5.06. The Balaban J connectivity index is 2.37. The maximum absolute atomic E-state index is 12.6. The van der Waals surface area contributed by atoms with E-state index in [0.717, 1.165) is 5.69 Å². The van der Waals surface area contributed by atoms with Crippen LogP contribution >= 0.6 is 24.2 Å². The highest BCUT2D eigenvalue weighted by molar-refractivity contribution is 7.81. The SMILES string of the molecule is CCN(C(=O)C(CS)=NOC)c1cn(-c2cccnc2)nc1Cl. The molecule has 0 aliphatic carbocycles. The number of nitrogens with zero attached hydrogens (tertiary/aromatic N) is 5. The fourth-order valence-electron chi connectivity index (χ4n) is 1.97. The van der Waals surface area contributed by atoms with Crippen molar-refractivity contribution in [3.05, 3.63) is 35.9 Å². The summed E-state index contributed by atoms with van der Waals surface area (Å²) >= 11 is 10.3. The molecule has 0 aliphatic rings. The number of halogens is 1. The lowest BCUT2D eigenvalue weighted by atomic mass is 10.3. The first kappa shape index (κ1) is 17.3. The second kappa shape index (κ2) is 7.98. The van der Waals surface area contributed by atoms with E-state index in [-0.39, 0.29) is 22.5 Å². The van der Waals surface area contributed by atoms with Gasteiger partial charge in [0, 0.05) is 18.5 Å². The molecule has 0 bridgehead atoms. The summed E-state index contributed by atoms with van der Waals surface area (Å²) in [6.45, 7) is 2.23. The van der Waals surface area contributed by atoms with Crippen LogP contribution < -0.4 is 4.90 Å². The van der Waals surface area contributed by atoms with Crippen LogP contribution in [0, 0.1) is 0 Å². The Kier molecular flexibility index (Phi) is 6.00. The fraction of sp³-hybridized carbons (Fsp3) is 0.286. The van der Waals surface area contributed by atoms with Crippen LogP contribution in [-0.2, 0) is 9.63 Å². The molecule has 2 rings (SSSR count). The Hall–Kier alpha value is -2.06. The second-order valence-electron chi connectivity index (χ2n) is 4.39. The molecular weight excluding hydrogens is 338 g/mol. The highest BCUT2D eigenvalue weighted by Gasteiger charge is 2.24. The van der Waals surface area contributed by atoms with Gasteiger partial charge in [-0.1, -0.05) is 16.8 Å². The van der Waals surface area contributed by atoms with Crippen LogP contribution in [-0.4, -0.2) is 45.8 Å². The van der Waals surface area contributed by atoms with E-state index in [9.17, 15) is 4.79 Å². The molecule has 0 unspecified atom stereocenters. The number of rotatable bonds is 6. The van der Waals surface area contributed by atoms with Crippen molar-refractivity contribution in [3.63, 3.8) is 0 Å². The summed E-state index contributed by atoms with van der Waals surface area (Å²) < 4.78 is 1.56. The molecule has 0 radical (unpaired) electrons. The predicted octanol–water partition coefficient (Wildman–Crippen LogP) is 2.21. The van der Waals surface area contributed by atoms with E-state index in [1.807, 2.05) is 13.0 Å². The molecule has 0 fully saturated rings. The first-order chi connectivity index (χ1) is 11.1. The van der Waals surface area contributed by atoms with E-state index in [0.29, 0.717) is 12.2 Å². The summed E-state index contributed by atoms with van der Waals surface area (Å²) in [5, 5.41) is 8.13. The average Bonchev–Trinajstić information content (AvgIpc) is 2.96. The summed E-state index contributed by atoms with van der Waals surface area (Å²) in [5.74, 6) is -0.186. The van der Waals surface area contributed by atoms with Crippen molar-refractivity contribution in [2.45, 2.75) is 6.92 Å². The van der Waals surface area contributed by atoms with Gasteiger partial charge in [0.2, 0.25) is 0 Å². The van der Waals surface area contributed by atoms with Crippen molar-refractivity contribution < 1.29 is 9.63 Å². The molecule has 0 N–H and O–H groups in total. The zero-order chi connectivity index (χ0) is 16.8. The van der Waals surface area contributed by atoms with Crippen LogP contribution in [0.25, 0.3) is 5.69 Å². The minimum absolute atomic E-state index is 0.150. The number of aromatic nitrogens is 3. The summed E-state index contributed by atoms with van der Waals surface area (Å²) in [4.78, 5) is 22.7. The summed E-state index contributed by atoms with van der Waals surface area (Å²) in [5.41, 5.74) is 1.40. The van der Waals surface area contributed by atoms with Gasteiger partial charge >= 0.3 is 0 Å². The number of carbonyl (C=O) groups excluding carboxylic acids is 1. The van der Waals surface area contributed by atoms with Gasteiger partial charge in [-0.25, -0.2) is 4.68 Å². The number of amides is 1. The van der Waals surface area contributed by atoms with Crippen molar-refractivity contribution in [3.8, 4) is 5.69 Å². The van der Waals surface area contributed by atoms with Crippen LogP contribution in [0.1, 0.15) is 6.92 Å². The molecule has 0 saturated heterocycles. The van der Waals surface area contributed by atoms with Gasteiger partial charge in [-0.3, -0.25) is 9.78 Å². The molecule has 0 saturated carbocycles. The molecule has 7 nitrogen and oxygen atoms in total. The Morgan fingerprint density at radius 3 is 2.91 bits per heavy atom. The topological polar surface area (TPSA) is 72.6 Å². The van der Waals surface area contributed by atoms with Crippen molar-refractivity contribution in [1.29, 1.82) is 0 Å². The number of anilines is 1. The van der Waals surface area contributed by atoms with Crippen molar-refractivity contribution in [1.82, 2.24) is 14.8 Å². The van der Waals surface area contributed by atoms with Gasteiger partial charge in [-0.15, -0.1) is 0 Å². The highest BCUT2D eigenvalue weighted by Crippen LogP contribution is 2.26. The molecule has 2 aromatic rings. The number of pyridine rings is 1. The van der Waals surface area contributed by atoms with Gasteiger partial charge in [0.25, 0.3) is 5.91 Å². The Labute approximate surface area is 144 Å². The van der Waals surface area contributed by atoms with Crippen LogP contribution in [0.15, 0.2) is 35.9 Å². The number of oxime groups is 1. The van der Waals surface area contributed by atoms with Gasteiger partial charge in [0.15, 0.2) is 10.9 Å². The molecule has 2 heterocycles. The molecule has 9 heteroatoms. The van der Waals surface area contributed by atoms with Gasteiger partial charge in [-0.05, 0) is 19.1 Å². The van der Waals surface area contributed by atoms with E-state index in [4.69, 9.17) is 11.6 Å². The monoisotopic (exact) mass is 353 g/mol. The highest BCUT2D eigenvalue weighted by atomic mass is 35.5.